The normalized spacial score (nSPS) is 32.3. The van der Waals surface area contributed by atoms with Gasteiger partial charge in [-0.05, 0) is 26.3 Å². The van der Waals surface area contributed by atoms with E-state index >= 15 is 0 Å². The Labute approximate surface area is 85.7 Å². The largest absolute Gasteiger partial charge is 0.470 e. The van der Waals surface area contributed by atoms with E-state index in [0.29, 0.717) is 13.0 Å². The molecule has 0 aromatic carbocycles. The van der Waals surface area contributed by atoms with Crippen molar-refractivity contribution in [2.75, 3.05) is 6.61 Å². The molecule has 0 aromatic heterocycles. The Morgan fingerprint density at radius 3 is 3.00 bits per heavy atom. The third kappa shape index (κ3) is 3.68. The van der Waals surface area contributed by atoms with Crippen LogP contribution in [0.2, 0.25) is 0 Å². The molecule has 3 heteroatoms. The van der Waals surface area contributed by atoms with Crippen molar-refractivity contribution in [2.45, 2.75) is 51.9 Å². The molecule has 1 aliphatic heterocycles. The first-order valence-corrected chi connectivity index (χ1v) is 5.23. The first-order valence-electron chi connectivity index (χ1n) is 5.23. The molecule has 1 rings (SSSR count). The van der Waals surface area contributed by atoms with E-state index in [2.05, 4.69) is 6.92 Å². The van der Waals surface area contributed by atoms with E-state index in [-0.39, 0.29) is 6.29 Å². The summed E-state index contributed by atoms with van der Waals surface area (Å²) in [7, 11) is 0. The van der Waals surface area contributed by atoms with Gasteiger partial charge in [0.25, 0.3) is 0 Å². The van der Waals surface area contributed by atoms with Crippen LogP contribution in [0.1, 0.15) is 40.0 Å². The second-order valence-corrected chi connectivity index (χ2v) is 4.09. The molecule has 0 aromatic rings. The molecule has 3 nitrogen and oxygen atoms in total. The van der Waals surface area contributed by atoms with Crippen molar-refractivity contribution in [3.05, 3.63) is 11.8 Å². The Bertz CT molecular complexity index is 209. The summed E-state index contributed by atoms with van der Waals surface area (Å²) >= 11 is 0. The number of rotatable bonds is 4. The van der Waals surface area contributed by atoms with Crippen molar-refractivity contribution in [3.8, 4) is 0 Å². The van der Waals surface area contributed by atoms with Gasteiger partial charge in [-0.25, -0.2) is 0 Å². The van der Waals surface area contributed by atoms with E-state index in [1.54, 1.807) is 13.0 Å². The molecular weight excluding hydrogens is 180 g/mol. The van der Waals surface area contributed by atoms with Crippen LogP contribution in [-0.2, 0) is 9.47 Å². The van der Waals surface area contributed by atoms with Gasteiger partial charge in [0.05, 0.1) is 18.0 Å². The Kier molecular flexibility index (Phi) is 3.96. The summed E-state index contributed by atoms with van der Waals surface area (Å²) < 4.78 is 11.0. The molecule has 0 fully saturated rings. The SMILES string of the molecule is CCCCO[C@@H]1C[C@](C)(O)C=C(C)O1. The second-order valence-electron chi connectivity index (χ2n) is 4.09. The summed E-state index contributed by atoms with van der Waals surface area (Å²) in [6.45, 7) is 6.43. The molecule has 1 N–H and O–H groups in total. The van der Waals surface area contributed by atoms with E-state index in [1.165, 1.54) is 0 Å². The molecule has 0 bridgehead atoms. The monoisotopic (exact) mass is 200 g/mol. The van der Waals surface area contributed by atoms with Crippen LogP contribution < -0.4 is 0 Å². The zero-order chi connectivity index (χ0) is 10.6. The van der Waals surface area contributed by atoms with Crippen LogP contribution in [0.3, 0.4) is 0 Å². The quantitative estimate of drug-likeness (QED) is 0.707. The van der Waals surface area contributed by atoms with Crippen LogP contribution in [0.4, 0.5) is 0 Å². The van der Waals surface area contributed by atoms with Gasteiger partial charge in [0, 0.05) is 6.42 Å². The van der Waals surface area contributed by atoms with Gasteiger partial charge < -0.3 is 14.6 Å². The maximum absolute atomic E-state index is 9.84. The van der Waals surface area contributed by atoms with Gasteiger partial charge in [-0.1, -0.05) is 13.3 Å². The number of aliphatic hydroxyl groups is 1. The lowest BCUT2D eigenvalue weighted by Gasteiger charge is -2.32. The average molecular weight is 200 g/mol. The molecular formula is C11H20O3. The number of allylic oxidation sites excluding steroid dienone is 1. The van der Waals surface area contributed by atoms with E-state index in [0.717, 1.165) is 18.6 Å². The number of hydrogen-bond acceptors (Lipinski definition) is 3. The summed E-state index contributed by atoms with van der Waals surface area (Å²) in [6, 6.07) is 0. The summed E-state index contributed by atoms with van der Waals surface area (Å²) in [5.74, 6) is 0.739. The second kappa shape index (κ2) is 4.80. The molecule has 0 unspecified atom stereocenters. The maximum atomic E-state index is 9.84. The summed E-state index contributed by atoms with van der Waals surface area (Å²) in [6.07, 6.45) is 4.09. The van der Waals surface area contributed by atoms with Gasteiger partial charge in [-0.15, -0.1) is 0 Å². The molecule has 2 atom stereocenters. The van der Waals surface area contributed by atoms with Gasteiger partial charge in [-0.3, -0.25) is 0 Å². The summed E-state index contributed by atoms with van der Waals surface area (Å²) in [4.78, 5) is 0. The van der Waals surface area contributed by atoms with Crippen LogP contribution >= 0.6 is 0 Å². The fourth-order valence-corrected chi connectivity index (χ4v) is 1.57. The smallest absolute Gasteiger partial charge is 0.202 e. The summed E-state index contributed by atoms with van der Waals surface area (Å²) in [5.41, 5.74) is -0.792. The van der Waals surface area contributed by atoms with Crippen LogP contribution in [0.5, 0.6) is 0 Å². The third-order valence-electron chi connectivity index (χ3n) is 2.21. The van der Waals surface area contributed by atoms with Gasteiger partial charge in [0.2, 0.25) is 6.29 Å². The molecule has 82 valence electrons. The highest BCUT2D eigenvalue weighted by Gasteiger charge is 2.29. The highest BCUT2D eigenvalue weighted by Crippen LogP contribution is 2.25. The predicted molar refractivity (Wildman–Crippen MR) is 54.7 cm³/mol. The molecule has 0 amide bonds. The highest BCUT2D eigenvalue weighted by molar-refractivity contribution is 5.06. The lowest BCUT2D eigenvalue weighted by Crippen LogP contribution is -2.35. The van der Waals surface area contributed by atoms with Crippen molar-refractivity contribution >= 4 is 0 Å². The minimum absolute atomic E-state index is 0.290. The summed E-state index contributed by atoms with van der Waals surface area (Å²) in [5, 5.41) is 9.84. The van der Waals surface area contributed by atoms with Gasteiger partial charge in [-0.2, -0.15) is 0 Å². The Morgan fingerprint density at radius 1 is 1.71 bits per heavy atom. The minimum Gasteiger partial charge on any atom is -0.470 e. The van der Waals surface area contributed by atoms with Gasteiger partial charge >= 0.3 is 0 Å². The van der Waals surface area contributed by atoms with Crippen molar-refractivity contribution in [3.63, 3.8) is 0 Å². The lowest BCUT2D eigenvalue weighted by molar-refractivity contribution is -0.156. The van der Waals surface area contributed by atoms with Gasteiger partial charge in [0.1, 0.15) is 0 Å². The van der Waals surface area contributed by atoms with Crippen LogP contribution in [0, 0.1) is 0 Å². The maximum Gasteiger partial charge on any atom is 0.202 e. The number of ether oxygens (including phenoxy) is 2. The number of unbranched alkanes of at least 4 members (excludes halogenated alkanes) is 1. The molecule has 0 aliphatic carbocycles. The number of hydrogen-bond donors (Lipinski definition) is 1. The molecule has 0 saturated carbocycles. The Balaban J connectivity index is 2.39. The van der Waals surface area contributed by atoms with Crippen molar-refractivity contribution < 1.29 is 14.6 Å². The first-order chi connectivity index (χ1) is 6.53. The fraction of sp³-hybridized carbons (Fsp3) is 0.818. The van der Waals surface area contributed by atoms with Crippen LogP contribution in [0.15, 0.2) is 11.8 Å². The van der Waals surface area contributed by atoms with Gasteiger partial charge in [0.15, 0.2) is 0 Å². The standard InChI is InChI=1S/C11H20O3/c1-4-5-6-13-10-8-11(3,12)7-9(2)14-10/h7,10,12H,4-6,8H2,1-3H3/t10-,11+/m0/s1. The van der Waals surface area contributed by atoms with Crippen LogP contribution in [0.25, 0.3) is 0 Å². The van der Waals surface area contributed by atoms with Crippen molar-refractivity contribution in [1.82, 2.24) is 0 Å². The van der Waals surface area contributed by atoms with E-state index < -0.39 is 5.60 Å². The zero-order valence-corrected chi connectivity index (χ0v) is 9.25. The van der Waals surface area contributed by atoms with E-state index in [1.807, 2.05) is 6.92 Å². The van der Waals surface area contributed by atoms with E-state index in [4.69, 9.17) is 9.47 Å². The average Bonchev–Trinajstić information content (AvgIpc) is 2.00. The van der Waals surface area contributed by atoms with Crippen LogP contribution in [-0.4, -0.2) is 23.6 Å². The fourth-order valence-electron chi connectivity index (χ4n) is 1.57. The predicted octanol–water partition coefficient (Wildman–Crippen LogP) is 2.20. The van der Waals surface area contributed by atoms with Crippen molar-refractivity contribution in [2.24, 2.45) is 0 Å². The van der Waals surface area contributed by atoms with E-state index in [9.17, 15) is 5.11 Å². The molecule has 0 spiro atoms. The first kappa shape index (κ1) is 11.5. The van der Waals surface area contributed by atoms with Crippen molar-refractivity contribution in [1.29, 1.82) is 0 Å². The lowest BCUT2D eigenvalue weighted by atomic mass is 9.99. The zero-order valence-electron chi connectivity index (χ0n) is 9.25. The molecule has 0 saturated heterocycles. The molecule has 1 aliphatic rings. The minimum atomic E-state index is -0.792. The molecule has 1 heterocycles. The highest BCUT2D eigenvalue weighted by atomic mass is 16.7. The topological polar surface area (TPSA) is 38.7 Å². The molecule has 0 radical (unpaired) electrons. The Hall–Kier alpha value is -0.540. The third-order valence-corrected chi connectivity index (χ3v) is 2.21. The Morgan fingerprint density at radius 2 is 2.43 bits per heavy atom. The molecule has 14 heavy (non-hydrogen) atoms.